The molecule has 2 rings (SSSR count). The molecule has 0 radical (unpaired) electrons. The van der Waals surface area contributed by atoms with Crippen LogP contribution in [-0.2, 0) is 0 Å². The van der Waals surface area contributed by atoms with Crippen LogP contribution in [0.5, 0.6) is 5.75 Å². The fraction of sp³-hybridized carbons (Fsp3) is 0.333. The van der Waals surface area contributed by atoms with Crippen molar-refractivity contribution < 1.29 is 4.74 Å². The molecule has 0 bridgehead atoms. The smallest absolute Gasteiger partial charge is 0.119 e. The molecule has 0 saturated heterocycles. The van der Waals surface area contributed by atoms with Crippen molar-refractivity contribution in [2.75, 3.05) is 7.11 Å². The fourth-order valence-electron chi connectivity index (χ4n) is 2.30. The molecule has 2 aromatic carbocycles. The van der Waals surface area contributed by atoms with Crippen molar-refractivity contribution >= 4 is 0 Å². The van der Waals surface area contributed by atoms with Gasteiger partial charge in [-0.15, -0.1) is 0 Å². The van der Waals surface area contributed by atoms with Gasteiger partial charge in [0.2, 0.25) is 0 Å². The van der Waals surface area contributed by atoms with Crippen LogP contribution in [0.25, 0.3) is 0 Å². The molecular weight excluding hydrogens is 246 g/mol. The van der Waals surface area contributed by atoms with E-state index in [2.05, 4.69) is 38.1 Å². The Morgan fingerprint density at radius 2 is 1.65 bits per heavy atom. The first-order chi connectivity index (χ1) is 9.65. The van der Waals surface area contributed by atoms with Crippen molar-refractivity contribution in [1.82, 2.24) is 0 Å². The van der Waals surface area contributed by atoms with Crippen LogP contribution in [0.15, 0.2) is 48.5 Å². The molecule has 0 spiro atoms. The van der Waals surface area contributed by atoms with E-state index < -0.39 is 0 Å². The second kappa shape index (κ2) is 6.58. The van der Waals surface area contributed by atoms with Crippen LogP contribution in [0.3, 0.4) is 0 Å². The Labute approximate surface area is 121 Å². The lowest BCUT2D eigenvalue weighted by atomic mass is 9.94. The maximum Gasteiger partial charge on any atom is 0.119 e. The monoisotopic (exact) mass is 269 g/mol. The van der Waals surface area contributed by atoms with Gasteiger partial charge in [-0.3, -0.25) is 0 Å². The number of nitrogens with two attached hydrogens (primary N) is 1. The average Bonchev–Trinajstić information content (AvgIpc) is 2.53. The average molecular weight is 269 g/mol. The largest absolute Gasteiger partial charge is 0.497 e. The van der Waals surface area contributed by atoms with E-state index in [1.165, 1.54) is 5.56 Å². The number of benzene rings is 2. The van der Waals surface area contributed by atoms with Gasteiger partial charge in [-0.2, -0.15) is 0 Å². The molecule has 2 nitrogen and oxygen atoms in total. The molecule has 0 heterocycles. The molecule has 0 saturated carbocycles. The van der Waals surface area contributed by atoms with Crippen LogP contribution in [-0.4, -0.2) is 7.11 Å². The standard InChI is InChI=1S/C18H23NO/c1-4-13(2)14-8-10-15(11-9-14)18(19)16-6-5-7-17(12-16)20-3/h5-13,18H,4,19H2,1-3H3. The molecule has 20 heavy (non-hydrogen) atoms. The van der Waals surface area contributed by atoms with Crippen molar-refractivity contribution in [3.05, 3.63) is 65.2 Å². The maximum absolute atomic E-state index is 6.34. The highest BCUT2D eigenvalue weighted by molar-refractivity contribution is 5.37. The summed E-state index contributed by atoms with van der Waals surface area (Å²) in [5.74, 6) is 1.44. The Hall–Kier alpha value is -1.80. The van der Waals surface area contributed by atoms with Gasteiger partial charge in [0.15, 0.2) is 0 Å². The fourth-order valence-corrected chi connectivity index (χ4v) is 2.30. The molecule has 0 aliphatic carbocycles. The molecule has 0 aliphatic heterocycles. The topological polar surface area (TPSA) is 35.2 Å². The minimum Gasteiger partial charge on any atom is -0.497 e. The molecule has 0 aromatic heterocycles. The van der Waals surface area contributed by atoms with E-state index in [4.69, 9.17) is 10.5 Å². The molecular formula is C18H23NO. The normalized spacial score (nSPS) is 13.8. The van der Waals surface area contributed by atoms with Crippen LogP contribution < -0.4 is 10.5 Å². The molecule has 106 valence electrons. The van der Waals surface area contributed by atoms with Crippen molar-refractivity contribution in [2.45, 2.75) is 32.2 Å². The molecule has 0 amide bonds. The van der Waals surface area contributed by atoms with Crippen LogP contribution in [0, 0.1) is 0 Å². The van der Waals surface area contributed by atoms with Gasteiger partial charge in [0.25, 0.3) is 0 Å². The zero-order valence-electron chi connectivity index (χ0n) is 12.5. The van der Waals surface area contributed by atoms with E-state index >= 15 is 0 Å². The summed E-state index contributed by atoms with van der Waals surface area (Å²) in [6.07, 6.45) is 1.15. The van der Waals surface area contributed by atoms with E-state index in [1.807, 2.05) is 24.3 Å². The Morgan fingerprint density at radius 3 is 2.25 bits per heavy atom. The molecule has 0 fully saturated rings. The van der Waals surface area contributed by atoms with Crippen LogP contribution >= 0.6 is 0 Å². The molecule has 2 heteroatoms. The first kappa shape index (κ1) is 14.6. The summed E-state index contributed by atoms with van der Waals surface area (Å²) in [5, 5.41) is 0. The third kappa shape index (κ3) is 3.20. The highest BCUT2D eigenvalue weighted by atomic mass is 16.5. The van der Waals surface area contributed by atoms with Crippen LogP contribution in [0.2, 0.25) is 0 Å². The first-order valence-corrected chi connectivity index (χ1v) is 7.15. The second-order valence-corrected chi connectivity index (χ2v) is 5.23. The lowest BCUT2D eigenvalue weighted by molar-refractivity contribution is 0.414. The van der Waals surface area contributed by atoms with Crippen LogP contribution in [0.4, 0.5) is 0 Å². The van der Waals surface area contributed by atoms with Gasteiger partial charge in [-0.25, -0.2) is 0 Å². The van der Waals surface area contributed by atoms with Crippen molar-refractivity contribution in [3.63, 3.8) is 0 Å². The van der Waals surface area contributed by atoms with Gasteiger partial charge in [-0.1, -0.05) is 50.2 Å². The molecule has 2 atom stereocenters. The third-order valence-corrected chi connectivity index (χ3v) is 3.93. The van der Waals surface area contributed by atoms with Gasteiger partial charge in [-0.05, 0) is 41.2 Å². The summed E-state index contributed by atoms with van der Waals surface area (Å²) in [5.41, 5.74) is 9.91. The SMILES string of the molecule is CCC(C)c1ccc(C(N)c2cccc(OC)c2)cc1. The molecule has 2 aromatic rings. The van der Waals surface area contributed by atoms with E-state index in [-0.39, 0.29) is 6.04 Å². The Balaban J connectivity index is 2.22. The van der Waals surface area contributed by atoms with Crippen molar-refractivity contribution in [3.8, 4) is 5.75 Å². The lowest BCUT2D eigenvalue weighted by Gasteiger charge is -2.15. The third-order valence-electron chi connectivity index (χ3n) is 3.93. The van der Waals surface area contributed by atoms with E-state index in [9.17, 15) is 0 Å². The van der Waals surface area contributed by atoms with Crippen molar-refractivity contribution in [1.29, 1.82) is 0 Å². The zero-order chi connectivity index (χ0) is 14.5. The number of hydrogen-bond acceptors (Lipinski definition) is 2. The quantitative estimate of drug-likeness (QED) is 0.880. The summed E-state index contributed by atoms with van der Waals surface area (Å²) >= 11 is 0. The van der Waals surface area contributed by atoms with Gasteiger partial charge >= 0.3 is 0 Å². The van der Waals surface area contributed by atoms with Gasteiger partial charge in [0.1, 0.15) is 5.75 Å². The number of hydrogen-bond donors (Lipinski definition) is 1. The summed E-state index contributed by atoms with van der Waals surface area (Å²) in [4.78, 5) is 0. The molecule has 0 aliphatic rings. The minimum absolute atomic E-state index is 0.115. The van der Waals surface area contributed by atoms with Gasteiger partial charge in [0, 0.05) is 0 Å². The summed E-state index contributed by atoms with van der Waals surface area (Å²) in [6, 6.07) is 16.5. The predicted octanol–water partition coefficient (Wildman–Crippen LogP) is 4.26. The van der Waals surface area contributed by atoms with E-state index in [0.717, 1.165) is 23.3 Å². The van der Waals surface area contributed by atoms with Gasteiger partial charge < -0.3 is 10.5 Å². The summed E-state index contributed by atoms with van der Waals surface area (Å²) < 4.78 is 5.25. The highest BCUT2D eigenvalue weighted by Crippen LogP contribution is 2.25. The van der Waals surface area contributed by atoms with Crippen LogP contribution in [0.1, 0.15) is 48.9 Å². The van der Waals surface area contributed by atoms with Gasteiger partial charge in [0.05, 0.1) is 13.2 Å². The Kier molecular flexibility index (Phi) is 4.80. The number of methoxy groups -OCH3 is 1. The molecule has 2 unspecified atom stereocenters. The molecule has 2 N–H and O–H groups in total. The van der Waals surface area contributed by atoms with E-state index in [0.29, 0.717) is 5.92 Å². The first-order valence-electron chi connectivity index (χ1n) is 7.15. The number of rotatable bonds is 5. The second-order valence-electron chi connectivity index (χ2n) is 5.23. The minimum atomic E-state index is -0.115. The predicted molar refractivity (Wildman–Crippen MR) is 84.2 cm³/mol. The highest BCUT2D eigenvalue weighted by Gasteiger charge is 2.10. The number of ether oxygens (including phenoxy) is 1. The Morgan fingerprint density at radius 1 is 1.00 bits per heavy atom. The summed E-state index contributed by atoms with van der Waals surface area (Å²) in [6.45, 7) is 4.46. The van der Waals surface area contributed by atoms with Crippen molar-refractivity contribution in [2.24, 2.45) is 5.73 Å². The van der Waals surface area contributed by atoms with E-state index in [1.54, 1.807) is 7.11 Å². The Bertz CT molecular complexity index is 548. The zero-order valence-corrected chi connectivity index (χ0v) is 12.5. The maximum atomic E-state index is 6.34. The lowest BCUT2D eigenvalue weighted by Crippen LogP contribution is -2.12. The summed E-state index contributed by atoms with van der Waals surface area (Å²) in [7, 11) is 1.67.